The second kappa shape index (κ2) is 5.16. The fraction of sp³-hybridized carbons (Fsp3) is 0.615. The highest BCUT2D eigenvalue weighted by Crippen LogP contribution is 2.39. The van der Waals surface area contributed by atoms with Crippen LogP contribution in [0.4, 0.5) is 5.69 Å². The predicted molar refractivity (Wildman–Crippen MR) is 73.2 cm³/mol. The maximum Gasteiger partial charge on any atom is 0.312 e. The van der Waals surface area contributed by atoms with Gasteiger partial charge in [0.25, 0.3) is 0 Å². The molecule has 8 nitrogen and oxygen atoms in total. The van der Waals surface area contributed by atoms with E-state index in [9.17, 15) is 20.2 Å². The summed E-state index contributed by atoms with van der Waals surface area (Å²) in [5, 5.41) is 26.9. The van der Waals surface area contributed by atoms with Crippen LogP contribution in [0.25, 0.3) is 0 Å². The minimum Gasteiger partial charge on any atom is -0.336 e. The Kier molecular flexibility index (Phi) is 3.68. The zero-order valence-corrected chi connectivity index (χ0v) is 12.2. The first-order valence-electron chi connectivity index (χ1n) is 6.69. The second-order valence-corrected chi connectivity index (χ2v) is 5.57. The third-order valence-electron chi connectivity index (χ3n) is 3.84. The van der Waals surface area contributed by atoms with Crippen molar-refractivity contribution < 1.29 is 9.72 Å². The Morgan fingerprint density at radius 1 is 1.62 bits per heavy atom. The van der Waals surface area contributed by atoms with Crippen LogP contribution in [-0.4, -0.2) is 26.1 Å². The van der Waals surface area contributed by atoms with Gasteiger partial charge in [0.15, 0.2) is 0 Å². The van der Waals surface area contributed by atoms with Crippen molar-refractivity contribution in [2.45, 2.75) is 45.7 Å². The lowest BCUT2D eigenvalue weighted by Gasteiger charge is -2.22. The highest BCUT2D eigenvalue weighted by molar-refractivity contribution is 5.77. The number of amides is 1. The van der Waals surface area contributed by atoms with Gasteiger partial charge in [-0.15, -0.1) is 0 Å². The minimum absolute atomic E-state index is 0.0759. The number of nitrogens with one attached hydrogen (secondary N) is 1. The van der Waals surface area contributed by atoms with Gasteiger partial charge in [-0.1, -0.05) is 0 Å². The Balaban J connectivity index is 2.12. The molecule has 8 heteroatoms. The molecule has 1 aliphatic rings. The number of rotatable bonds is 5. The molecule has 2 rings (SSSR count). The Hall–Kier alpha value is -2.43. The van der Waals surface area contributed by atoms with Gasteiger partial charge in [-0.05, 0) is 39.5 Å². The standard InChI is InChI=1S/C13H17N5O3/c1-8-12(18(20)21)9(2)17(16-8)6-11(19)15-13(3,7-14)10-4-5-10/h10H,4-6H2,1-3H3,(H,15,19)/t13-/m1/s1. The number of carbonyl (C=O) groups excluding carboxylic acids is 1. The molecule has 1 aromatic rings. The van der Waals surface area contributed by atoms with Gasteiger partial charge < -0.3 is 5.32 Å². The van der Waals surface area contributed by atoms with Crippen molar-refractivity contribution >= 4 is 11.6 Å². The Bertz CT molecular complexity index is 641. The van der Waals surface area contributed by atoms with E-state index in [-0.39, 0.29) is 29.8 Å². The van der Waals surface area contributed by atoms with E-state index in [1.54, 1.807) is 13.8 Å². The zero-order valence-electron chi connectivity index (χ0n) is 12.2. The SMILES string of the molecule is Cc1nn(CC(=O)N[C@](C)(C#N)C2CC2)c(C)c1[N+](=O)[O-]. The summed E-state index contributed by atoms with van der Waals surface area (Å²) in [6, 6.07) is 2.14. The number of nitriles is 1. The lowest BCUT2D eigenvalue weighted by Crippen LogP contribution is -2.48. The van der Waals surface area contributed by atoms with E-state index in [2.05, 4.69) is 16.5 Å². The minimum atomic E-state index is -0.876. The fourth-order valence-electron chi connectivity index (χ4n) is 2.45. The molecular formula is C13H17N5O3. The molecule has 1 heterocycles. The first-order chi connectivity index (χ1) is 9.78. The highest BCUT2D eigenvalue weighted by Gasteiger charge is 2.43. The lowest BCUT2D eigenvalue weighted by molar-refractivity contribution is -0.386. The summed E-state index contributed by atoms with van der Waals surface area (Å²) in [7, 11) is 0. The van der Waals surface area contributed by atoms with Crippen molar-refractivity contribution in [2.24, 2.45) is 5.92 Å². The van der Waals surface area contributed by atoms with E-state index in [1.807, 2.05) is 0 Å². The van der Waals surface area contributed by atoms with Crippen molar-refractivity contribution in [3.05, 3.63) is 21.5 Å². The van der Waals surface area contributed by atoms with Gasteiger partial charge in [-0.3, -0.25) is 19.6 Å². The van der Waals surface area contributed by atoms with Crippen LogP contribution < -0.4 is 5.32 Å². The van der Waals surface area contributed by atoms with E-state index < -0.39 is 10.5 Å². The smallest absolute Gasteiger partial charge is 0.312 e. The highest BCUT2D eigenvalue weighted by atomic mass is 16.6. The van der Waals surface area contributed by atoms with Crippen molar-refractivity contribution in [3.8, 4) is 6.07 Å². The maximum atomic E-state index is 12.1. The first kappa shape index (κ1) is 15.0. The number of hydrogen-bond acceptors (Lipinski definition) is 5. The molecule has 0 saturated heterocycles. The van der Waals surface area contributed by atoms with Crippen molar-refractivity contribution in [1.82, 2.24) is 15.1 Å². The van der Waals surface area contributed by atoms with Crippen LogP contribution in [0.2, 0.25) is 0 Å². The van der Waals surface area contributed by atoms with Crippen molar-refractivity contribution in [2.75, 3.05) is 0 Å². The van der Waals surface area contributed by atoms with E-state index in [4.69, 9.17) is 0 Å². The molecule has 1 fully saturated rings. The number of aryl methyl sites for hydroxylation is 1. The normalized spacial score (nSPS) is 16.9. The molecule has 21 heavy (non-hydrogen) atoms. The average Bonchev–Trinajstić information content (AvgIpc) is 3.18. The molecule has 0 radical (unpaired) electrons. The summed E-state index contributed by atoms with van der Waals surface area (Å²) >= 11 is 0. The summed E-state index contributed by atoms with van der Waals surface area (Å²) in [5.74, 6) is -0.187. The van der Waals surface area contributed by atoms with E-state index >= 15 is 0 Å². The van der Waals surface area contributed by atoms with Crippen LogP contribution in [0.1, 0.15) is 31.2 Å². The van der Waals surface area contributed by atoms with Crippen LogP contribution in [0, 0.1) is 41.2 Å². The van der Waals surface area contributed by atoms with Gasteiger partial charge in [-0.25, -0.2) is 0 Å². The van der Waals surface area contributed by atoms with Crippen LogP contribution in [-0.2, 0) is 11.3 Å². The number of carbonyl (C=O) groups is 1. The summed E-state index contributed by atoms with van der Waals surface area (Å²) in [4.78, 5) is 22.5. The zero-order chi connectivity index (χ0) is 15.8. The van der Waals surface area contributed by atoms with Gasteiger partial charge in [0.2, 0.25) is 5.91 Å². The number of nitro groups is 1. The molecule has 1 aromatic heterocycles. The molecule has 0 unspecified atom stereocenters. The van der Waals surface area contributed by atoms with Gasteiger partial charge >= 0.3 is 5.69 Å². The van der Waals surface area contributed by atoms with Gasteiger partial charge in [0, 0.05) is 0 Å². The number of aromatic nitrogens is 2. The lowest BCUT2D eigenvalue weighted by atomic mass is 9.98. The van der Waals surface area contributed by atoms with Crippen LogP contribution in [0.15, 0.2) is 0 Å². The van der Waals surface area contributed by atoms with E-state index in [0.717, 1.165) is 12.8 Å². The molecule has 1 aliphatic carbocycles. The summed E-state index contributed by atoms with van der Waals surface area (Å²) in [6.45, 7) is 4.65. The Labute approximate surface area is 121 Å². The summed E-state index contributed by atoms with van der Waals surface area (Å²) in [6.07, 6.45) is 1.85. The number of hydrogen-bond donors (Lipinski definition) is 1. The molecule has 1 saturated carbocycles. The molecule has 1 amide bonds. The topological polar surface area (TPSA) is 114 Å². The molecular weight excluding hydrogens is 274 g/mol. The van der Waals surface area contributed by atoms with Crippen LogP contribution in [0.5, 0.6) is 0 Å². The summed E-state index contributed by atoms with van der Waals surface area (Å²) in [5.41, 5.74) is -0.347. The van der Waals surface area contributed by atoms with Crippen LogP contribution >= 0.6 is 0 Å². The predicted octanol–water partition coefficient (Wildman–Crippen LogP) is 1.22. The van der Waals surface area contributed by atoms with Crippen LogP contribution in [0.3, 0.4) is 0 Å². The molecule has 0 bridgehead atoms. The molecule has 112 valence electrons. The third kappa shape index (κ3) is 2.86. The Morgan fingerprint density at radius 3 is 2.67 bits per heavy atom. The largest absolute Gasteiger partial charge is 0.336 e. The number of nitrogens with zero attached hydrogens (tertiary/aromatic N) is 4. The van der Waals surface area contributed by atoms with Gasteiger partial charge in [0.05, 0.1) is 11.0 Å². The summed E-state index contributed by atoms with van der Waals surface area (Å²) < 4.78 is 1.30. The first-order valence-corrected chi connectivity index (χ1v) is 6.69. The quantitative estimate of drug-likeness (QED) is 0.647. The Morgan fingerprint density at radius 2 is 2.24 bits per heavy atom. The monoisotopic (exact) mass is 291 g/mol. The third-order valence-corrected chi connectivity index (χ3v) is 3.84. The van der Waals surface area contributed by atoms with Gasteiger partial charge in [0.1, 0.15) is 23.5 Å². The average molecular weight is 291 g/mol. The molecule has 1 N–H and O–H groups in total. The molecule has 0 spiro atoms. The second-order valence-electron chi connectivity index (χ2n) is 5.57. The molecule has 0 aromatic carbocycles. The fourth-order valence-corrected chi connectivity index (χ4v) is 2.45. The van der Waals surface area contributed by atoms with E-state index in [0.29, 0.717) is 5.69 Å². The van der Waals surface area contributed by atoms with Gasteiger partial charge in [-0.2, -0.15) is 10.4 Å². The molecule has 1 atom stereocenters. The van der Waals surface area contributed by atoms with Crippen molar-refractivity contribution in [3.63, 3.8) is 0 Å². The van der Waals surface area contributed by atoms with Crippen molar-refractivity contribution in [1.29, 1.82) is 5.26 Å². The van der Waals surface area contributed by atoms with E-state index in [1.165, 1.54) is 11.6 Å². The molecule has 0 aliphatic heterocycles. The maximum absolute atomic E-state index is 12.1.